The first-order valence-corrected chi connectivity index (χ1v) is 6.46. The molecule has 19 heavy (non-hydrogen) atoms. The van der Waals surface area contributed by atoms with Crippen LogP contribution in [0.4, 0.5) is 10.3 Å². The fourth-order valence-corrected chi connectivity index (χ4v) is 1.89. The minimum absolute atomic E-state index is 0.356. The molecule has 0 aliphatic rings. The molecule has 0 spiro atoms. The zero-order valence-electron chi connectivity index (χ0n) is 11.5. The molecule has 0 bridgehead atoms. The lowest BCUT2D eigenvalue weighted by Gasteiger charge is -2.10. The summed E-state index contributed by atoms with van der Waals surface area (Å²) in [6.07, 6.45) is 2.20. The molecule has 2 aromatic rings. The van der Waals surface area contributed by atoms with Gasteiger partial charge in [-0.05, 0) is 31.4 Å². The molecule has 0 fully saturated rings. The molecule has 0 unspecified atom stereocenters. The summed E-state index contributed by atoms with van der Waals surface area (Å²) in [5, 5.41) is 3.08. The Kier molecular flexibility index (Phi) is 4.10. The lowest BCUT2D eigenvalue weighted by atomic mass is 10.0. The van der Waals surface area contributed by atoms with Crippen LogP contribution in [0.3, 0.4) is 0 Å². The molecule has 0 saturated heterocycles. The SMILES string of the molecule is CCCNc1ncc(F)c(-c2cccc(C)c2C)n1. The number of hydrogen-bond donors (Lipinski definition) is 1. The summed E-state index contributed by atoms with van der Waals surface area (Å²) >= 11 is 0. The minimum Gasteiger partial charge on any atom is -0.354 e. The number of rotatable bonds is 4. The van der Waals surface area contributed by atoms with Crippen molar-refractivity contribution in [1.29, 1.82) is 0 Å². The van der Waals surface area contributed by atoms with Gasteiger partial charge >= 0.3 is 0 Å². The van der Waals surface area contributed by atoms with E-state index < -0.39 is 5.82 Å². The van der Waals surface area contributed by atoms with Crippen LogP contribution >= 0.6 is 0 Å². The van der Waals surface area contributed by atoms with Crippen molar-refractivity contribution >= 4 is 5.95 Å². The van der Waals surface area contributed by atoms with E-state index in [-0.39, 0.29) is 0 Å². The summed E-state index contributed by atoms with van der Waals surface area (Å²) < 4.78 is 13.9. The summed E-state index contributed by atoms with van der Waals surface area (Å²) in [5.74, 6) is 0.0786. The summed E-state index contributed by atoms with van der Waals surface area (Å²) in [5.41, 5.74) is 3.34. The molecule has 3 nitrogen and oxygen atoms in total. The number of aromatic nitrogens is 2. The van der Waals surface area contributed by atoms with Crippen LogP contribution in [0.25, 0.3) is 11.3 Å². The zero-order chi connectivity index (χ0) is 13.8. The minimum atomic E-state index is -0.393. The highest BCUT2D eigenvalue weighted by Crippen LogP contribution is 2.26. The Morgan fingerprint density at radius 3 is 2.79 bits per heavy atom. The topological polar surface area (TPSA) is 37.8 Å². The Morgan fingerprint density at radius 2 is 2.05 bits per heavy atom. The van der Waals surface area contributed by atoms with Crippen molar-refractivity contribution in [2.24, 2.45) is 0 Å². The highest BCUT2D eigenvalue weighted by Gasteiger charge is 2.12. The molecule has 100 valence electrons. The van der Waals surface area contributed by atoms with Crippen molar-refractivity contribution < 1.29 is 4.39 Å². The van der Waals surface area contributed by atoms with Gasteiger partial charge in [0.15, 0.2) is 5.82 Å². The smallest absolute Gasteiger partial charge is 0.223 e. The second-order valence-corrected chi connectivity index (χ2v) is 4.56. The van der Waals surface area contributed by atoms with E-state index in [1.165, 1.54) is 6.20 Å². The van der Waals surface area contributed by atoms with E-state index in [0.29, 0.717) is 11.6 Å². The maximum absolute atomic E-state index is 13.9. The Labute approximate surface area is 112 Å². The molecular formula is C15H18FN3. The molecule has 2 rings (SSSR count). The average Bonchev–Trinajstić information content (AvgIpc) is 2.41. The quantitative estimate of drug-likeness (QED) is 0.909. The Hall–Kier alpha value is -1.97. The second-order valence-electron chi connectivity index (χ2n) is 4.56. The van der Waals surface area contributed by atoms with Crippen molar-refractivity contribution in [2.75, 3.05) is 11.9 Å². The van der Waals surface area contributed by atoms with Gasteiger partial charge in [0.2, 0.25) is 5.95 Å². The lowest BCUT2D eigenvalue weighted by Crippen LogP contribution is -2.06. The van der Waals surface area contributed by atoms with Crippen LogP contribution in [0.1, 0.15) is 24.5 Å². The van der Waals surface area contributed by atoms with Crippen LogP contribution < -0.4 is 5.32 Å². The van der Waals surface area contributed by atoms with Gasteiger partial charge in [0.1, 0.15) is 5.69 Å². The van der Waals surface area contributed by atoms with Gasteiger partial charge in [0.25, 0.3) is 0 Å². The van der Waals surface area contributed by atoms with Gasteiger partial charge in [-0.15, -0.1) is 0 Å². The van der Waals surface area contributed by atoms with E-state index in [2.05, 4.69) is 22.2 Å². The zero-order valence-corrected chi connectivity index (χ0v) is 11.5. The fraction of sp³-hybridized carbons (Fsp3) is 0.333. The Bertz CT molecular complexity index is 582. The van der Waals surface area contributed by atoms with Crippen LogP contribution in [0.2, 0.25) is 0 Å². The average molecular weight is 259 g/mol. The summed E-state index contributed by atoms with van der Waals surface area (Å²) in [7, 11) is 0. The van der Waals surface area contributed by atoms with Gasteiger partial charge in [0.05, 0.1) is 6.20 Å². The van der Waals surface area contributed by atoms with Crippen LogP contribution in [0.5, 0.6) is 0 Å². The van der Waals surface area contributed by atoms with Crippen molar-refractivity contribution in [3.8, 4) is 11.3 Å². The van der Waals surface area contributed by atoms with Gasteiger partial charge in [0, 0.05) is 12.1 Å². The van der Waals surface area contributed by atoms with Gasteiger partial charge < -0.3 is 5.32 Å². The molecule has 0 saturated carbocycles. The monoisotopic (exact) mass is 259 g/mol. The van der Waals surface area contributed by atoms with Crippen molar-refractivity contribution in [1.82, 2.24) is 9.97 Å². The van der Waals surface area contributed by atoms with Gasteiger partial charge in [-0.2, -0.15) is 0 Å². The molecule has 1 heterocycles. The lowest BCUT2D eigenvalue weighted by molar-refractivity contribution is 0.618. The van der Waals surface area contributed by atoms with E-state index in [1.54, 1.807) is 0 Å². The number of benzene rings is 1. The normalized spacial score (nSPS) is 10.5. The molecule has 1 N–H and O–H groups in total. The number of anilines is 1. The fourth-order valence-electron chi connectivity index (χ4n) is 1.89. The number of nitrogens with zero attached hydrogens (tertiary/aromatic N) is 2. The summed E-state index contributed by atoms with van der Waals surface area (Å²) in [6.45, 7) is 6.82. The first-order valence-electron chi connectivity index (χ1n) is 6.46. The van der Waals surface area contributed by atoms with E-state index in [4.69, 9.17) is 0 Å². The van der Waals surface area contributed by atoms with E-state index in [0.717, 1.165) is 29.7 Å². The molecule has 1 aromatic carbocycles. The Morgan fingerprint density at radius 1 is 1.26 bits per heavy atom. The molecule has 0 amide bonds. The Balaban J connectivity index is 2.45. The molecule has 0 aliphatic heterocycles. The van der Waals surface area contributed by atoms with Crippen LogP contribution in [-0.2, 0) is 0 Å². The van der Waals surface area contributed by atoms with Crippen molar-refractivity contribution in [2.45, 2.75) is 27.2 Å². The molecule has 0 atom stereocenters. The predicted molar refractivity (Wildman–Crippen MR) is 75.7 cm³/mol. The van der Waals surface area contributed by atoms with E-state index >= 15 is 0 Å². The third-order valence-electron chi connectivity index (χ3n) is 3.14. The largest absolute Gasteiger partial charge is 0.354 e. The summed E-state index contributed by atoms with van der Waals surface area (Å²) in [4.78, 5) is 8.24. The first kappa shape index (κ1) is 13.5. The molecular weight excluding hydrogens is 241 g/mol. The van der Waals surface area contributed by atoms with Gasteiger partial charge in [-0.1, -0.05) is 25.1 Å². The molecule has 0 aliphatic carbocycles. The number of halogens is 1. The summed E-state index contributed by atoms with van der Waals surface area (Å²) in [6, 6.07) is 5.81. The van der Waals surface area contributed by atoms with E-state index in [9.17, 15) is 4.39 Å². The molecule has 4 heteroatoms. The van der Waals surface area contributed by atoms with Gasteiger partial charge in [-0.3, -0.25) is 0 Å². The maximum atomic E-state index is 13.9. The van der Waals surface area contributed by atoms with Crippen molar-refractivity contribution in [3.63, 3.8) is 0 Å². The first-order chi connectivity index (χ1) is 9.13. The second kappa shape index (κ2) is 5.78. The predicted octanol–water partition coefficient (Wildman–Crippen LogP) is 3.72. The van der Waals surface area contributed by atoms with Crippen LogP contribution in [-0.4, -0.2) is 16.5 Å². The maximum Gasteiger partial charge on any atom is 0.223 e. The number of nitrogens with one attached hydrogen (secondary N) is 1. The molecule has 1 aromatic heterocycles. The highest BCUT2D eigenvalue weighted by atomic mass is 19.1. The highest BCUT2D eigenvalue weighted by molar-refractivity contribution is 5.66. The number of hydrogen-bond acceptors (Lipinski definition) is 3. The standard InChI is InChI=1S/C15H18FN3/c1-4-8-17-15-18-9-13(16)14(19-15)12-7-5-6-10(2)11(12)3/h5-7,9H,4,8H2,1-3H3,(H,17,18,19). The van der Waals surface area contributed by atoms with Crippen LogP contribution in [0, 0.1) is 19.7 Å². The van der Waals surface area contributed by atoms with Gasteiger partial charge in [-0.25, -0.2) is 14.4 Å². The van der Waals surface area contributed by atoms with E-state index in [1.807, 2.05) is 32.0 Å². The van der Waals surface area contributed by atoms with Crippen LogP contribution in [0.15, 0.2) is 24.4 Å². The molecule has 0 radical (unpaired) electrons. The number of aryl methyl sites for hydroxylation is 1. The third-order valence-corrected chi connectivity index (χ3v) is 3.14. The van der Waals surface area contributed by atoms with Crippen molar-refractivity contribution in [3.05, 3.63) is 41.3 Å². The third kappa shape index (κ3) is 2.89.